The standard InChI is InChI=1S/C24H25ClN2O5S/c1-16-5-9-19(10-6-16)27(33(29,30)23-13-17(2)7-11-22(23)32-4)15-24(28)26-18-8-12-21(31-3)20(25)14-18/h5-14H,15H2,1-4H3,(H,26,28). The van der Waals surface area contributed by atoms with Crippen molar-refractivity contribution >= 4 is 38.9 Å². The summed E-state index contributed by atoms with van der Waals surface area (Å²) in [7, 11) is -1.24. The second-order valence-corrected chi connectivity index (χ2v) is 9.64. The third kappa shape index (κ3) is 5.58. The second kappa shape index (κ2) is 10.1. The van der Waals surface area contributed by atoms with E-state index >= 15 is 0 Å². The zero-order valence-electron chi connectivity index (χ0n) is 18.8. The molecular formula is C24H25ClN2O5S. The van der Waals surface area contributed by atoms with Crippen LogP contribution in [0, 0.1) is 13.8 Å². The number of carbonyl (C=O) groups excluding carboxylic acids is 1. The van der Waals surface area contributed by atoms with E-state index in [1.165, 1.54) is 26.4 Å². The lowest BCUT2D eigenvalue weighted by Crippen LogP contribution is -2.38. The number of aryl methyl sites for hydroxylation is 2. The van der Waals surface area contributed by atoms with Gasteiger partial charge in [-0.2, -0.15) is 0 Å². The van der Waals surface area contributed by atoms with Crippen molar-refractivity contribution in [1.82, 2.24) is 0 Å². The average Bonchev–Trinajstić information content (AvgIpc) is 2.78. The van der Waals surface area contributed by atoms with Gasteiger partial charge in [0.05, 0.1) is 24.9 Å². The minimum absolute atomic E-state index is 0.0223. The monoisotopic (exact) mass is 488 g/mol. The lowest BCUT2D eigenvalue weighted by atomic mass is 10.2. The van der Waals surface area contributed by atoms with Gasteiger partial charge in [-0.05, 0) is 61.9 Å². The highest BCUT2D eigenvalue weighted by Crippen LogP contribution is 2.31. The summed E-state index contributed by atoms with van der Waals surface area (Å²) in [4.78, 5) is 12.9. The molecule has 3 aromatic carbocycles. The van der Waals surface area contributed by atoms with Crippen molar-refractivity contribution in [3.8, 4) is 11.5 Å². The molecule has 0 atom stereocenters. The van der Waals surface area contributed by atoms with E-state index in [-0.39, 0.29) is 10.6 Å². The molecule has 0 bridgehead atoms. The first kappa shape index (κ1) is 24.4. The van der Waals surface area contributed by atoms with Gasteiger partial charge < -0.3 is 14.8 Å². The number of hydrogen-bond acceptors (Lipinski definition) is 5. The minimum atomic E-state index is -4.14. The summed E-state index contributed by atoms with van der Waals surface area (Å²) >= 11 is 6.13. The minimum Gasteiger partial charge on any atom is -0.495 e. The maximum atomic E-state index is 13.7. The second-order valence-electron chi connectivity index (χ2n) is 7.40. The van der Waals surface area contributed by atoms with Crippen LogP contribution in [0.2, 0.25) is 5.02 Å². The molecule has 0 aromatic heterocycles. The van der Waals surface area contributed by atoms with Gasteiger partial charge in [0.1, 0.15) is 22.9 Å². The molecule has 3 rings (SSSR count). The van der Waals surface area contributed by atoms with Crippen LogP contribution >= 0.6 is 11.6 Å². The number of carbonyl (C=O) groups is 1. The van der Waals surface area contributed by atoms with Crippen molar-refractivity contribution in [2.45, 2.75) is 18.7 Å². The van der Waals surface area contributed by atoms with Gasteiger partial charge in [0.25, 0.3) is 10.0 Å². The Morgan fingerprint density at radius 2 is 1.52 bits per heavy atom. The Morgan fingerprint density at radius 1 is 0.909 bits per heavy atom. The summed E-state index contributed by atoms with van der Waals surface area (Å²) in [6.07, 6.45) is 0. The summed E-state index contributed by atoms with van der Waals surface area (Å²) in [5, 5.41) is 3.01. The predicted octanol–water partition coefficient (Wildman–Crippen LogP) is 4.81. The molecule has 9 heteroatoms. The van der Waals surface area contributed by atoms with Crippen LogP contribution < -0.4 is 19.1 Å². The lowest BCUT2D eigenvalue weighted by Gasteiger charge is -2.25. The van der Waals surface area contributed by atoms with Crippen LogP contribution in [-0.4, -0.2) is 35.1 Å². The van der Waals surface area contributed by atoms with E-state index in [1.54, 1.807) is 55.5 Å². The SMILES string of the molecule is COc1ccc(NC(=O)CN(c2ccc(C)cc2)S(=O)(=O)c2cc(C)ccc2OC)cc1Cl. The molecule has 33 heavy (non-hydrogen) atoms. The number of rotatable bonds is 8. The molecule has 0 aliphatic heterocycles. The van der Waals surface area contributed by atoms with Crippen LogP contribution in [0.15, 0.2) is 65.6 Å². The highest BCUT2D eigenvalue weighted by atomic mass is 35.5. The average molecular weight is 489 g/mol. The number of sulfonamides is 1. The molecule has 174 valence electrons. The van der Waals surface area contributed by atoms with Crippen LogP contribution in [0.1, 0.15) is 11.1 Å². The Kier molecular flexibility index (Phi) is 7.50. The Morgan fingerprint density at radius 3 is 2.12 bits per heavy atom. The molecule has 0 spiro atoms. The largest absolute Gasteiger partial charge is 0.495 e. The van der Waals surface area contributed by atoms with E-state index in [1.807, 2.05) is 6.92 Å². The number of nitrogens with zero attached hydrogens (tertiary/aromatic N) is 1. The molecule has 0 saturated heterocycles. The van der Waals surface area contributed by atoms with Crippen molar-refractivity contribution in [3.05, 3.63) is 76.8 Å². The van der Waals surface area contributed by atoms with Crippen LogP contribution in [0.4, 0.5) is 11.4 Å². The molecular weight excluding hydrogens is 464 g/mol. The van der Waals surface area contributed by atoms with Gasteiger partial charge in [0, 0.05) is 5.69 Å². The lowest BCUT2D eigenvalue weighted by molar-refractivity contribution is -0.114. The van der Waals surface area contributed by atoms with Crippen molar-refractivity contribution in [2.24, 2.45) is 0 Å². The Labute approximate surface area is 198 Å². The normalized spacial score (nSPS) is 11.1. The molecule has 0 saturated carbocycles. The van der Waals surface area contributed by atoms with Crippen molar-refractivity contribution < 1.29 is 22.7 Å². The number of nitrogens with one attached hydrogen (secondary N) is 1. The van der Waals surface area contributed by atoms with Gasteiger partial charge in [-0.25, -0.2) is 8.42 Å². The molecule has 0 fully saturated rings. The van der Waals surface area contributed by atoms with Crippen molar-refractivity contribution in [2.75, 3.05) is 30.4 Å². The van der Waals surface area contributed by atoms with Gasteiger partial charge in [-0.15, -0.1) is 0 Å². The van der Waals surface area contributed by atoms with Crippen LogP contribution in [0.5, 0.6) is 11.5 Å². The van der Waals surface area contributed by atoms with Gasteiger partial charge in [-0.1, -0.05) is 35.4 Å². The first-order valence-electron chi connectivity index (χ1n) is 10.0. The van der Waals surface area contributed by atoms with E-state index in [0.717, 1.165) is 15.4 Å². The fraction of sp³-hybridized carbons (Fsp3) is 0.208. The maximum Gasteiger partial charge on any atom is 0.268 e. The van der Waals surface area contributed by atoms with Crippen molar-refractivity contribution in [1.29, 1.82) is 0 Å². The highest BCUT2D eigenvalue weighted by Gasteiger charge is 2.30. The van der Waals surface area contributed by atoms with E-state index in [9.17, 15) is 13.2 Å². The molecule has 3 aromatic rings. The van der Waals surface area contributed by atoms with E-state index in [4.69, 9.17) is 21.1 Å². The molecule has 0 radical (unpaired) electrons. The summed E-state index contributed by atoms with van der Waals surface area (Å²) in [6, 6.07) is 16.5. The molecule has 7 nitrogen and oxygen atoms in total. The molecule has 0 aliphatic rings. The van der Waals surface area contributed by atoms with Crippen LogP contribution in [0.3, 0.4) is 0 Å². The van der Waals surface area contributed by atoms with Gasteiger partial charge in [-0.3, -0.25) is 9.10 Å². The fourth-order valence-electron chi connectivity index (χ4n) is 3.21. The number of anilines is 2. The molecule has 1 amide bonds. The number of halogens is 1. The first-order valence-corrected chi connectivity index (χ1v) is 11.8. The smallest absolute Gasteiger partial charge is 0.268 e. The Balaban J connectivity index is 1.98. The van der Waals surface area contributed by atoms with E-state index in [2.05, 4.69) is 5.32 Å². The summed E-state index contributed by atoms with van der Waals surface area (Å²) in [5.41, 5.74) is 2.48. The number of hydrogen-bond donors (Lipinski definition) is 1. The molecule has 0 aliphatic carbocycles. The third-order valence-corrected chi connectivity index (χ3v) is 7.02. The van der Waals surface area contributed by atoms with Crippen LogP contribution in [0.25, 0.3) is 0 Å². The van der Waals surface area contributed by atoms with E-state index < -0.39 is 22.5 Å². The highest BCUT2D eigenvalue weighted by molar-refractivity contribution is 7.93. The van der Waals surface area contributed by atoms with Crippen molar-refractivity contribution in [3.63, 3.8) is 0 Å². The summed E-state index contributed by atoms with van der Waals surface area (Å²) < 4.78 is 38.9. The number of ether oxygens (including phenoxy) is 2. The fourth-order valence-corrected chi connectivity index (χ4v) is 5.13. The quantitative estimate of drug-likeness (QED) is 0.492. The zero-order valence-corrected chi connectivity index (χ0v) is 20.3. The first-order chi connectivity index (χ1) is 15.6. The predicted molar refractivity (Wildman–Crippen MR) is 130 cm³/mol. The molecule has 1 N–H and O–H groups in total. The topological polar surface area (TPSA) is 84.9 Å². The number of amides is 1. The Bertz CT molecular complexity index is 1260. The summed E-state index contributed by atoms with van der Waals surface area (Å²) in [6.45, 7) is 3.23. The van der Waals surface area contributed by atoms with Gasteiger partial charge >= 0.3 is 0 Å². The number of methoxy groups -OCH3 is 2. The Hall–Kier alpha value is -3.23. The zero-order chi connectivity index (χ0) is 24.2. The molecule has 0 heterocycles. The maximum absolute atomic E-state index is 13.7. The van der Waals surface area contributed by atoms with Gasteiger partial charge in [0.2, 0.25) is 5.91 Å². The van der Waals surface area contributed by atoms with Gasteiger partial charge in [0.15, 0.2) is 0 Å². The van der Waals surface area contributed by atoms with E-state index in [0.29, 0.717) is 22.1 Å². The summed E-state index contributed by atoms with van der Waals surface area (Å²) in [5.74, 6) is 0.122. The third-order valence-electron chi connectivity index (χ3n) is 4.93. The number of benzene rings is 3. The molecule has 0 unspecified atom stereocenters. The van der Waals surface area contributed by atoms with Crippen LogP contribution in [-0.2, 0) is 14.8 Å².